The summed E-state index contributed by atoms with van der Waals surface area (Å²) in [5.74, 6) is 0.301. The Morgan fingerprint density at radius 2 is 0.795 bits per heavy atom. The number of hydrogen-bond donors (Lipinski definition) is 0. The van der Waals surface area contributed by atoms with E-state index in [0.29, 0.717) is 5.92 Å². The summed E-state index contributed by atoms with van der Waals surface area (Å²) < 4.78 is 0. The highest BCUT2D eigenvalue weighted by molar-refractivity contribution is 7.74. The summed E-state index contributed by atoms with van der Waals surface area (Å²) >= 11 is 0. The number of hydrogen-bond acceptors (Lipinski definition) is 0. The first-order valence-corrected chi connectivity index (χ1v) is 18.4. The molecule has 2 heteroatoms. The van der Waals surface area contributed by atoms with Gasteiger partial charge in [-0.25, -0.2) is 0 Å². The summed E-state index contributed by atoms with van der Waals surface area (Å²) in [7, 11) is -1.53. The monoisotopic (exact) mass is 606 g/mol. The molecule has 6 aromatic carbocycles. The SMILES string of the molecule is CCC(c1ccccc1)(C(C)C(c1ccccc1)P(c1ccccc1)c1ccccc1)P(c1ccccc1)c1ccccc1. The molecule has 0 saturated heterocycles. The number of rotatable bonds is 11. The van der Waals surface area contributed by atoms with Crippen LogP contribution in [0, 0.1) is 5.92 Å². The lowest BCUT2D eigenvalue weighted by molar-refractivity contribution is 0.387. The maximum atomic E-state index is 2.57. The van der Waals surface area contributed by atoms with Crippen LogP contribution in [0.1, 0.15) is 37.1 Å². The zero-order valence-corrected chi connectivity index (χ0v) is 27.4. The van der Waals surface area contributed by atoms with Crippen molar-refractivity contribution in [3.8, 4) is 0 Å². The lowest BCUT2D eigenvalue weighted by Crippen LogP contribution is -2.41. The second-order valence-corrected chi connectivity index (χ2v) is 16.2. The van der Waals surface area contributed by atoms with Gasteiger partial charge in [0.15, 0.2) is 0 Å². The van der Waals surface area contributed by atoms with Crippen molar-refractivity contribution in [1.82, 2.24) is 0 Å². The van der Waals surface area contributed by atoms with Crippen LogP contribution in [0.3, 0.4) is 0 Å². The molecule has 0 amide bonds. The van der Waals surface area contributed by atoms with Gasteiger partial charge in [0, 0.05) is 10.8 Å². The minimum Gasteiger partial charge on any atom is -0.0642 e. The molecule has 44 heavy (non-hydrogen) atoms. The van der Waals surface area contributed by atoms with Crippen LogP contribution in [-0.4, -0.2) is 0 Å². The molecule has 0 bridgehead atoms. The molecule has 0 spiro atoms. The molecule has 6 aromatic rings. The van der Waals surface area contributed by atoms with Gasteiger partial charge in [-0.05, 0) is 60.5 Å². The maximum absolute atomic E-state index is 2.57. The first kappa shape index (κ1) is 30.2. The van der Waals surface area contributed by atoms with E-state index in [-0.39, 0.29) is 10.8 Å². The highest BCUT2D eigenvalue weighted by Gasteiger charge is 2.49. The Morgan fingerprint density at radius 3 is 1.18 bits per heavy atom. The predicted octanol–water partition coefficient (Wildman–Crippen LogP) is 9.94. The molecular formula is C42H40P2. The molecule has 0 fully saturated rings. The zero-order chi connectivity index (χ0) is 30.2. The summed E-state index contributed by atoms with van der Waals surface area (Å²) in [4.78, 5) is 0. The van der Waals surface area contributed by atoms with E-state index in [1.54, 1.807) is 0 Å². The van der Waals surface area contributed by atoms with Gasteiger partial charge in [-0.3, -0.25) is 0 Å². The van der Waals surface area contributed by atoms with Crippen LogP contribution in [-0.2, 0) is 5.16 Å². The molecule has 0 nitrogen and oxygen atoms in total. The van der Waals surface area contributed by atoms with E-state index in [1.165, 1.54) is 32.3 Å². The van der Waals surface area contributed by atoms with Crippen molar-refractivity contribution in [2.45, 2.75) is 31.1 Å². The zero-order valence-electron chi connectivity index (χ0n) is 25.6. The molecule has 6 rings (SSSR count). The van der Waals surface area contributed by atoms with Crippen molar-refractivity contribution in [3.63, 3.8) is 0 Å². The Balaban J connectivity index is 1.67. The molecule has 0 aliphatic rings. The summed E-state index contributed by atoms with van der Waals surface area (Å²) in [6, 6.07) is 68.0. The van der Waals surface area contributed by atoms with E-state index >= 15 is 0 Å². The normalized spacial score (nSPS) is 14.2. The first-order valence-electron chi connectivity index (χ1n) is 15.6. The van der Waals surface area contributed by atoms with E-state index in [2.05, 4.69) is 196 Å². The van der Waals surface area contributed by atoms with E-state index < -0.39 is 15.8 Å². The minimum absolute atomic E-state index is 0.135. The van der Waals surface area contributed by atoms with Crippen LogP contribution in [0.15, 0.2) is 182 Å². The van der Waals surface area contributed by atoms with Gasteiger partial charge in [-0.15, -0.1) is 0 Å². The minimum atomic E-state index is -0.789. The number of benzene rings is 6. The average molecular weight is 607 g/mol. The fourth-order valence-corrected chi connectivity index (χ4v) is 13.6. The molecule has 0 aromatic heterocycles. The van der Waals surface area contributed by atoms with E-state index in [1.807, 2.05) is 0 Å². The second kappa shape index (κ2) is 14.3. The van der Waals surface area contributed by atoms with Crippen LogP contribution in [0.2, 0.25) is 0 Å². The Hall–Kier alpha value is -3.82. The fourth-order valence-electron chi connectivity index (χ4n) is 6.99. The van der Waals surface area contributed by atoms with Crippen LogP contribution in [0.25, 0.3) is 0 Å². The van der Waals surface area contributed by atoms with Crippen LogP contribution >= 0.6 is 15.8 Å². The van der Waals surface area contributed by atoms with Gasteiger partial charge in [0.2, 0.25) is 0 Å². The summed E-state index contributed by atoms with van der Waals surface area (Å²) in [6.07, 6.45) is 1.03. The van der Waals surface area contributed by atoms with Gasteiger partial charge < -0.3 is 0 Å². The molecular weight excluding hydrogens is 566 g/mol. The Labute approximate surface area is 266 Å². The lowest BCUT2D eigenvalue weighted by Gasteiger charge is -2.50. The highest BCUT2D eigenvalue weighted by atomic mass is 31.1. The van der Waals surface area contributed by atoms with E-state index in [4.69, 9.17) is 0 Å². The molecule has 3 unspecified atom stereocenters. The van der Waals surface area contributed by atoms with Gasteiger partial charge in [0.25, 0.3) is 0 Å². The average Bonchev–Trinajstić information content (AvgIpc) is 3.11. The summed E-state index contributed by atoms with van der Waals surface area (Å²) in [6.45, 7) is 5.00. The van der Waals surface area contributed by atoms with Crippen molar-refractivity contribution in [2.24, 2.45) is 5.92 Å². The lowest BCUT2D eigenvalue weighted by atomic mass is 9.80. The largest absolute Gasteiger partial charge is 0.0642 e. The van der Waals surface area contributed by atoms with Crippen molar-refractivity contribution in [1.29, 1.82) is 0 Å². The Morgan fingerprint density at radius 1 is 0.455 bits per heavy atom. The summed E-state index contributed by atoms with van der Waals surface area (Å²) in [5, 5.41) is 5.58. The Bertz CT molecular complexity index is 1610. The first-order chi connectivity index (χ1) is 21.7. The third-order valence-electron chi connectivity index (χ3n) is 8.96. The molecule has 0 heterocycles. The molecule has 0 aliphatic carbocycles. The second-order valence-electron chi connectivity index (χ2n) is 11.3. The fraction of sp³-hybridized carbons (Fsp3) is 0.143. The molecule has 3 atom stereocenters. The van der Waals surface area contributed by atoms with Crippen molar-refractivity contribution < 1.29 is 0 Å². The molecule has 0 saturated carbocycles. The van der Waals surface area contributed by atoms with Gasteiger partial charge in [-0.1, -0.05) is 196 Å². The molecule has 0 radical (unpaired) electrons. The van der Waals surface area contributed by atoms with Crippen molar-refractivity contribution in [2.75, 3.05) is 0 Å². The van der Waals surface area contributed by atoms with Gasteiger partial charge in [0.1, 0.15) is 0 Å². The quantitative estimate of drug-likeness (QED) is 0.129. The molecule has 0 N–H and O–H groups in total. The van der Waals surface area contributed by atoms with Crippen LogP contribution in [0.5, 0.6) is 0 Å². The van der Waals surface area contributed by atoms with Gasteiger partial charge in [-0.2, -0.15) is 0 Å². The smallest absolute Gasteiger partial charge is 0.0267 e. The van der Waals surface area contributed by atoms with E-state index in [9.17, 15) is 0 Å². The van der Waals surface area contributed by atoms with Crippen molar-refractivity contribution >= 4 is 37.1 Å². The van der Waals surface area contributed by atoms with Gasteiger partial charge in [0.05, 0.1) is 0 Å². The van der Waals surface area contributed by atoms with Gasteiger partial charge >= 0.3 is 0 Å². The Kier molecular flexibility index (Phi) is 9.83. The van der Waals surface area contributed by atoms with Crippen LogP contribution in [0.4, 0.5) is 0 Å². The van der Waals surface area contributed by atoms with Crippen LogP contribution < -0.4 is 21.2 Å². The highest BCUT2D eigenvalue weighted by Crippen LogP contribution is 2.67. The predicted molar refractivity (Wildman–Crippen MR) is 195 cm³/mol. The molecule has 218 valence electrons. The molecule has 0 aliphatic heterocycles. The van der Waals surface area contributed by atoms with Crippen molar-refractivity contribution in [3.05, 3.63) is 193 Å². The maximum Gasteiger partial charge on any atom is 0.0267 e. The standard InChI is InChI=1S/C42H40P2/c1-3-42(36-24-12-5-13-25-36,44(39-30-18-8-19-31-39)40-32-20-9-21-33-40)34(2)41(35-22-10-4-11-23-35)43(37-26-14-6-15-27-37)38-28-16-7-17-29-38/h4-34,41H,3H2,1-2H3. The third-order valence-corrected chi connectivity index (χ3v) is 15.4. The third kappa shape index (κ3) is 6.08. The topological polar surface area (TPSA) is 0 Å². The summed E-state index contributed by atoms with van der Waals surface area (Å²) in [5.41, 5.74) is 3.14. The van der Waals surface area contributed by atoms with E-state index in [0.717, 1.165) is 6.42 Å².